The number of rotatable bonds is 10. The van der Waals surface area contributed by atoms with Crippen LogP contribution in [-0.4, -0.2) is 88.2 Å². The topological polar surface area (TPSA) is 71.6 Å². The van der Waals surface area contributed by atoms with E-state index in [4.69, 9.17) is 27.3 Å². The fraction of sp³-hybridized carbons (Fsp3) is 0.400. The van der Waals surface area contributed by atoms with Crippen LogP contribution in [0, 0.1) is 0 Å². The quantitative estimate of drug-likeness (QED) is 0.264. The summed E-state index contributed by atoms with van der Waals surface area (Å²) in [5.74, 6) is 0.729. The highest BCUT2D eigenvalue weighted by molar-refractivity contribution is 6.18. The minimum absolute atomic E-state index is 0. The second-order valence-corrected chi connectivity index (χ2v) is 9.19. The van der Waals surface area contributed by atoms with Crippen molar-refractivity contribution in [1.82, 2.24) is 29.4 Å². The summed E-state index contributed by atoms with van der Waals surface area (Å²) in [4.78, 5) is 3.99. The van der Waals surface area contributed by atoms with Gasteiger partial charge in [0, 0.05) is 53.5 Å². The van der Waals surface area contributed by atoms with Crippen molar-refractivity contribution in [2.24, 2.45) is 14.0 Å². The van der Waals surface area contributed by atoms with Crippen LogP contribution < -0.4 is 0 Å². The Morgan fingerprint density at radius 3 is 1.80 bits per heavy atom. The number of hydrogen-bond acceptors (Lipinski definition) is 6. The summed E-state index contributed by atoms with van der Waals surface area (Å²) in [6.07, 6.45) is -1.15. The maximum absolute atomic E-state index is 10.2. The van der Waals surface area contributed by atoms with Gasteiger partial charge >= 0.3 is 0 Å². The van der Waals surface area contributed by atoms with Crippen molar-refractivity contribution in [3.05, 3.63) is 108 Å². The number of ether oxygens (including phenoxy) is 1. The second kappa shape index (κ2) is 19.4. The number of likely N-dealkylation sites (N-methyl/N-ethyl adjacent to an activating group) is 1. The van der Waals surface area contributed by atoms with Crippen molar-refractivity contribution in [2.45, 2.75) is 12.2 Å². The third-order valence-electron chi connectivity index (χ3n) is 5.16. The fourth-order valence-corrected chi connectivity index (χ4v) is 3.43. The van der Waals surface area contributed by atoms with Gasteiger partial charge in [-0.25, -0.2) is 0 Å². The van der Waals surface area contributed by atoms with Crippen molar-refractivity contribution in [3.8, 4) is 0 Å². The van der Waals surface area contributed by atoms with Crippen LogP contribution in [0.1, 0.15) is 45.6 Å². The van der Waals surface area contributed by atoms with Crippen LogP contribution in [0.25, 0.3) is 0 Å². The summed E-state index contributed by atoms with van der Waals surface area (Å²) >= 11 is 5.35. The van der Waals surface area contributed by atoms with Crippen LogP contribution in [0.15, 0.2) is 85.2 Å². The molecule has 220 valence electrons. The molecule has 0 spiro atoms. The van der Waals surface area contributed by atoms with E-state index >= 15 is 0 Å². The first-order valence-corrected chi connectivity index (χ1v) is 12.8. The van der Waals surface area contributed by atoms with E-state index in [0.29, 0.717) is 16.8 Å². The SMILES string of the molecule is CN(C)CCCl.Cl.[2H]C(O)(c1ccccc1)c1ccnn1C([2H])([2H])[2H].[2H]C(OCCN(C)C)(c1ccccc1)c1ccnn1C([2H])([2H])[2H]. The maximum Gasteiger partial charge on any atom is 0.124 e. The first-order valence-electron chi connectivity index (χ1n) is 16.3. The Hall–Kier alpha value is -2.72. The van der Waals surface area contributed by atoms with Crippen molar-refractivity contribution in [1.29, 1.82) is 0 Å². The molecule has 0 amide bonds. The molecule has 0 aliphatic carbocycles. The number of nitrogens with zero attached hydrogens (tertiary/aromatic N) is 6. The van der Waals surface area contributed by atoms with E-state index in [1.807, 2.05) is 44.1 Å². The van der Waals surface area contributed by atoms with Crippen molar-refractivity contribution in [3.63, 3.8) is 0 Å². The van der Waals surface area contributed by atoms with Gasteiger partial charge < -0.3 is 19.6 Å². The molecule has 0 aliphatic rings. The molecule has 1 N–H and O–H groups in total. The van der Waals surface area contributed by atoms with Crippen LogP contribution in [0.3, 0.4) is 0 Å². The normalized spacial score (nSPS) is 17.2. The highest BCUT2D eigenvalue weighted by Gasteiger charge is 2.17. The van der Waals surface area contributed by atoms with Gasteiger partial charge in [0.15, 0.2) is 0 Å². The van der Waals surface area contributed by atoms with Crippen LogP contribution >= 0.6 is 24.0 Å². The average Bonchev–Trinajstić information content (AvgIpc) is 3.70. The first kappa shape index (κ1) is 23.9. The molecule has 10 heteroatoms. The van der Waals surface area contributed by atoms with Crippen molar-refractivity contribution < 1.29 is 20.8 Å². The number of benzene rings is 2. The fourth-order valence-electron chi connectivity index (χ4n) is 3.10. The van der Waals surface area contributed by atoms with Gasteiger partial charge in [-0.3, -0.25) is 9.36 Å². The van der Waals surface area contributed by atoms with Crippen molar-refractivity contribution >= 4 is 24.0 Å². The number of alkyl halides is 1. The number of halogens is 2. The summed E-state index contributed by atoms with van der Waals surface area (Å²) in [6.45, 7) is -3.11. The standard InChI is InChI=1S/C15H21N3O.C11H12N2O.C4H10ClN.ClH/c1-17(2)11-12-19-15(13-7-5-4-6-8-13)14-9-10-16-18(14)3;1-13-10(7-8-12-13)11(14)9-5-3-2-4-6-9;1-6(2)4-3-5;/h4-10,15H,11-12H2,1-3H3;2-8,11,14H,1H3;3-4H2,1-2H3;1H/i3D3,15D;1D3,11D;;. The lowest BCUT2D eigenvalue weighted by atomic mass is 10.1. The summed E-state index contributed by atoms with van der Waals surface area (Å²) in [5.41, 5.74) is 0.942. The molecule has 2 aromatic heterocycles. The largest absolute Gasteiger partial charge is 0.382 e. The first-order chi connectivity index (χ1) is 21.9. The molecule has 2 heterocycles. The van der Waals surface area contributed by atoms with Gasteiger partial charge in [0.05, 0.1) is 20.7 Å². The van der Waals surface area contributed by atoms with E-state index in [-0.39, 0.29) is 36.0 Å². The van der Waals surface area contributed by atoms with Crippen LogP contribution in [0.4, 0.5) is 0 Å². The summed E-state index contributed by atoms with van der Waals surface area (Å²) < 4.78 is 69.0. The number of aryl methyl sites for hydroxylation is 2. The zero-order valence-corrected chi connectivity index (χ0v) is 24.8. The minimum atomic E-state index is -2.53. The van der Waals surface area contributed by atoms with E-state index in [9.17, 15) is 5.11 Å². The molecular weight excluding hydrogens is 547 g/mol. The Balaban J connectivity index is 0.000000411. The van der Waals surface area contributed by atoms with Gasteiger partial charge in [-0.2, -0.15) is 10.2 Å². The molecule has 0 saturated carbocycles. The third kappa shape index (κ3) is 12.2. The lowest BCUT2D eigenvalue weighted by molar-refractivity contribution is 0.0638. The average molecular weight is 600 g/mol. The predicted octanol–water partition coefficient (Wildman–Crippen LogP) is 4.80. The zero-order chi connectivity index (χ0) is 35.5. The van der Waals surface area contributed by atoms with E-state index in [0.717, 1.165) is 17.1 Å². The van der Waals surface area contributed by atoms with Crippen LogP contribution in [-0.2, 0) is 18.7 Å². The van der Waals surface area contributed by atoms with Gasteiger partial charge in [-0.1, -0.05) is 60.7 Å². The molecule has 8 nitrogen and oxygen atoms in total. The summed E-state index contributed by atoms with van der Waals surface area (Å²) in [6, 6.07) is 20.0. The molecule has 40 heavy (non-hydrogen) atoms. The Kier molecular flexibility index (Phi) is 11.6. The molecule has 4 aromatic rings. The summed E-state index contributed by atoms with van der Waals surface area (Å²) in [7, 11) is 7.82. The molecule has 2 unspecified atom stereocenters. The number of hydrogen-bond donors (Lipinski definition) is 1. The zero-order valence-electron chi connectivity index (χ0n) is 31.2. The molecule has 0 aliphatic heterocycles. The lowest BCUT2D eigenvalue weighted by Crippen LogP contribution is -2.20. The minimum Gasteiger partial charge on any atom is -0.382 e. The predicted molar refractivity (Wildman–Crippen MR) is 166 cm³/mol. The van der Waals surface area contributed by atoms with E-state index in [2.05, 4.69) is 10.2 Å². The second-order valence-electron chi connectivity index (χ2n) is 8.81. The van der Waals surface area contributed by atoms with Gasteiger partial charge in [0.2, 0.25) is 0 Å². The highest BCUT2D eigenvalue weighted by atomic mass is 35.5. The smallest absolute Gasteiger partial charge is 0.124 e. The molecule has 0 saturated heterocycles. The molecule has 2 atom stereocenters. The van der Waals surface area contributed by atoms with E-state index in [1.165, 1.54) is 24.5 Å². The molecular formula is C30H44Cl2N6O2. The lowest BCUT2D eigenvalue weighted by Gasteiger charge is -2.20. The van der Waals surface area contributed by atoms with Gasteiger partial charge in [-0.15, -0.1) is 24.0 Å². The maximum atomic E-state index is 10.2. The van der Waals surface area contributed by atoms with Crippen molar-refractivity contribution in [2.75, 3.05) is 53.8 Å². The Morgan fingerprint density at radius 1 is 0.825 bits per heavy atom. The molecule has 0 fully saturated rings. The Morgan fingerprint density at radius 2 is 1.32 bits per heavy atom. The molecule has 0 radical (unpaired) electrons. The van der Waals surface area contributed by atoms with Gasteiger partial charge in [0.25, 0.3) is 0 Å². The Labute approximate surface area is 261 Å². The number of aromatic nitrogens is 4. The highest BCUT2D eigenvalue weighted by Crippen LogP contribution is 2.25. The molecule has 0 bridgehead atoms. The van der Waals surface area contributed by atoms with Crippen LogP contribution in [0.2, 0.25) is 0 Å². The Bertz CT molecular complexity index is 1470. The van der Waals surface area contributed by atoms with E-state index < -0.39 is 26.1 Å². The molecule has 4 rings (SSSR count). The number of aliphatic hydroxyl groups is 1. The molecule has 2 aromatic carbocycles. The van der Waals surface area contributed by atoms with E-state index in [1.54, 1.807) is 54.6 Å². The monoisotopic (exact) mass is 598 g/mol. The summed E-state index contributed by atoms with van der Waals surface area (Å²) in [5, 5.41) is 17.8. The van der Waals surface area contributed by atoms with Crippen LogP contribution in [0.5, 0.6) is 0 Å². The third-order valence-corrected chi connectivity index (χ3v) is 5.33. The van der Waals surface area contributed by atoms with Gasteiger partial charge in [0.1, 0.15) is 12.2 Å². The van der Waals surface area contributed by atoms with Gasteiger partial charge in [-0.05, 0) is 51.5 Å².